The largest absolute Gasteiger partial charge is 0.370 e. The first kappa shape index (κ1) is 15.2. The van der Waals surface area contributed by atoms with Crippen molar-refractivity contribution in [3.8, 4) is 0 Å². The van der Waals surface area contributed by atoms with Crippen molar-refractivity contribution in [2.45, 2.75) is 31.6 Å². The van der Waals surface area contributed by atoms with Crippen LogP contribution in [0.5, 0.6) is 0 Å². The molecule has 0 bridgehead atoms. The van der Waals surface area contributed by atoms with E-state index in [9.17, 15) is 4.39 Å². The van der Waals surface area contributed by atoms with E-state index in [2.05, 4.69) is 9.89 Å². The highest BCUT2D eigenvalue weighted by Gasteiger charge is 2.12. The molecule has 0 atom stereocenters. The molecule has 1 aliphatic heterocycles. The van der Waals surface area contributed by atoms with Crippen LogP contribution in [0.2, 0.25) is 0 Å². The standard InChI is InChI=1S/C15H22FN3S/c1-20-11-13-9-14(16)6-5-12(13)10-18-15(17)19-7-3-2-4-8-19/h5-6,9H,2-4,7-8,10-11H2,1H3,(H2,17,18). The van der Waals surface area contributed by atoms with E-state index < -0.39 is 0 Å². The molecular weight excluding hydrogens is 273 g/mol. The summed E-state index contributed by atoms with van der Waals surface area (Å²) < 4.78 is 13.3. The summed E-state index contributed by atoms with van der Waals surface area (Å²) in [6.07, 6.45) is 5.66. The minimum atomic E-state index is -0.189. The Morgan fingerprint density at radius 1 is 1.30 bits per heavy atom. The Hall–Kier alpha value is -1.23. The summed E-state index contributed by atoms with van der Waals surface area (Å²) in [4.78, 5) is 6.62. The van der Waals surface area contributed by atoms with Crippen LogP contribution in [0, 0.1) is 5.82 Å². The lowest BCUT2D eigenvalue weighted by Crippen LogP contribution is -2.40. The number of thioether (sulfide) groups is 1. The van der Waals surface area contributed by atoms with E-state index in [0.29, 0.717) is 12.5 Å². The summed E-state index contributed by atoms with van der Waals surface area (Å²) in [6, 6.07) is 4.90. The van der Waals surface area contributed by atoms with Crippen LogP contribution in [0.3, 0.4) is 0 Å². The second-order valence-corrected chi connectivity index (χ2v) is 5.93. The van der Waals surface area contributed by atoms with Gasteiger partial charge in [-0.2, -0.15) is 11.8 Å². The van der Waals surface area contributed by atoms with Gasteiger partial charge in [-0.05, 0) is 48.8 Å². The molecule has 1 aromatic rings. The average Bonchev–Trinajstić information content (AvgIpc) is 2.47. The fourth-order valence-corrected chi connectivity index (χ4v) is 3.01. The van der Waals surface area contributed by atoms with E-state index in [-0.39, 0.29) is 5.82 Å². The Labute approximate surface area is 124 Å². The maximum absolute atomic E-state index is 13.3. The van der Waals surface area contributed by atoms with Gasteiger partial charge in [0.05, 0.1) is 6.54 Å². The first-order valence-electron chi connectivity index (χ1n) is 7.02. The lowest BCUT2D eigenvalue weighted by Gasteiger charge is -2.27. The number of halogens is 1. The topological polar surface area (TPSA) is 41.6 Å². The number of hydrogen-bond acceptors (Lipinski definition) is 2. The third-order valence-corrected chi connectivity index (χ3v) is 4.16. The van der Waals surface area contributed by atoms with Crippen molar-refractivity contribution in [3.05, 3.63) is 35.1 Å². The Morgan fingerprint density at radius 3 is 2.75 bits per heavy atom. The molecule has 2 rings (SSSR count). The molecule has 0 radical (unpaired) electrons. The molecule has 1 heterocycles. The number of aliphatic imine (C=N–C) groups is 1. The van der Waals surface area contributed by atoms with Crippen molar-refractivity contribution in [1.29, 1.82) is 0 Å². The van der Waals surface area contributed by atoms with Gasteiger partial charge >= 0.3 is 0 Å². The van der Waals surface area contributed by atoms with Gasteiger partial charge < -0.3 is 10.6 Å². The van der Waals surface area contributed by atoms with Crippen molar-refractivity contribution in [3.63, 3.8) is 0 Å². The normalized spacial score (nSPS) is 16.5. The second kappa shape index (κ2) is 7.53. The molecule has 110 valence electrons. The number of piperidine rings is 1. The molecular formula is C15H22FN3S. The molecule has 2 N–H and O–H groups in total. The summed E-state index contributed by atoms with van der Waals surface area (Å²) in [5.41, 5.74) is 8.11. The first-order chi connectivity index (χ1) is 9.70. The number of nitrogens with two attached hydrogens (primary N) is 1. The van der Waals surface area contributed by atoms with E-state index >= 15 is 0 Å². The minimum Gasteiger partial charge on any atom is -0.370 e. The highest BCUT2D eigenvalue weighted by molar-refractivity contribution is 7.97. The number of guanidine groups is 1. The van der Waals surface area contributed by atoms with E-state index in [1.807, 2.05) is 12.3 Å². The Kier molecular flexibility index (Phi) is 5.71. The highest BCUT2D eigenvalue weighted by Crippen LogP contribution is 2.18. The molecule has 0 aromatic heterocycles. The van der Waals surface area contributed by atoms with Gasteiger partial charge in [0.1, 0.15) is 5.82 Å². The minimum absolute atomic E-state index is 0.189. The van der Waals surface area contributed by atoms with Gasteiger partial charge in [-0.1, -0.05) is 6.07 Å². The smallest absolute Gasteiger partial charge is 0.191 e. The fraction of sp³-hybridized carbons (Fsp3) is 0.533. The summed E-state index contributed by atoms with van der Waals surface area (Å²) in [5.74, 6) is 1.22. The van der Waals surface area contributed by atoms with Gasteiger partial charge in [-0.25, -0.2) is 9.38 Å². The predicted molar refractivity (Wildman–Crippen MR) is 84.4 cm³/mol. The van der Waals surface area contributed by atoms with Gasteiger partial charge in [-0.15, -0.1) is 0 Å². The molecule has 0 spiro atoms. The summed E-state index contributed by atoms with van der Waals surface area (Å²) in [6.45, 7) is 2.52. The maximum Gasteiger partial charge on any atom is 0.191 e. The SMILES string of the molecule is CSCc1cc(F)ccc1CN=C(N)N1CCCCC1. The van der Waals surface area contributed by atoms with Crippen LogP contribution < -0.4 is 5.73 Å². The summed E-state index contributed by atoms with van der Waals surface area (Å²) in [7, 11) is 0. The predicted octanol–water partition coefficient (Wildman–Crippen LogP) is 2.99. The number of benzene rings is 1. The molecule has 20 heavy (non-hydrogen) atoms. The molecule has 1 fully saturated rings. The molecule has 0 amide bonds. The molecule has 1 saturated heterocycles. The van der Waals surface area contributed by atoms with Crippen molar-refractivity contribution >= 4 is 17.7 Å². The lowest BCUT2D eigenvalue weighted by atomic mass is 10.1. The monoisotopic (exact) mass is 295 g/mol. The summed E-state index contributed by atoms with van der Waals surface area (Å²) in [5, 5.41) is 0. The van der Waals surface area contributed by atoms with Crippen LogP contribution in [0.15, 0.2) is 23.2 Å². The van der Waals surface area contributed by atoms with Crippen LogP contribution in [0.4, 0.5) is 4.39 Å². The zero-order chi connectivity index (χ0) is 14.4. The van der Waals surface area contributed by atoms with E-state index in [1.54, 1.807) is 17.8 Å². The van der Waals surface area contributed by atoms with Crippen LogP contribution in [-0.2, 0) is 12.3 Å². The van der Waals surface area contributed by atoms with E-state index in [0.717, 1.165) is 30.0 Å². The van der Waals surface area contributed by atoms with Crippen LogP contribution >= 0.6 is 11.8 Å². The van der Waals surface area contributed by atoms with Gasteiger partial charge in [0.2, 0.25) is 0 Å². The van der Waals surface area contributed by atoms with Gasteiger partial charge in [-0.3, -0.25) is 0 Å². The molecule has 0 unspecified atom stereocenters. The molecule has 1 aliphatic rings. The van der Waals surface area contributed by atoms with Crippen LogP contribution in [-0.4, -0.2) is 30.2 Å². The zero-order valence-corrected chi connectivity index (χ0v) is 12.8. The Balaban J connectivity index is 2.05. The van der Waals surface area contributed by atoms with Crippen molar-refractivity contribution in [1.82, 2.24) is 4.90 Å². The quantitative estimate of drug-likeness (QED) is 0.686. The zero-order valence-electron chi connectivity index (χ0n) is 11.9. The van der Waals surface area contributed by atoms with E-state index in [1.165, 1.54) is 25.3 Å². The third-order valence-electron chi connectivity index (χ3n) is 3.56. The number of likely N-dealkylation sites (tertiary alicyclic amines) is 1. The third kappa shape index (κ3) is 4.13. The number of rotatable bonds is 4. The number of hydrogen-bond donors (Lipinski definition) is 1. The van der Waals surface area contributed by atoms with Crippen LogP contribution in [0.25, 0.3) is 0 Å². The molecule has 5 heteroatoms. The molecule has 3 nitrogen and oxygen atoms in total. The average molecular weight is 295 g/mol. The van der Waals surface area contributed by atoms with Gasteiger partial charge in [0, 0.05) is 18.8 Å². The first-order valence-corrected chi connectivity index (χ1v) is 8.41. The van der Waals surface area contributed by atoms with Gasteiger partial charge in [0.25, 0.3) is 0 Å². The van der Waals surface area contributed by atoms with Crippen molar-refractivity contribution < 1.29 is 4.39 Å². The number of nitrogens with zero attached hydrogens (tertiary/aromatic N) is 2. The molecule has 0 saturated carbocycles. The summed E-state index contributed by atoms with van der Waals surface area (Å²) >= 11 is 1.68. The fourth-order valence-electron chi connectivity index (χ4n) is 2.43. The van der Waals surface area contributed by atoms with Crippen molar-refractivity contribution in [2.24, 2.45) is 10.7 Å². The Bertz CT molecular complexity index is 470. The van der Waals surface area contributed by atoms with E-state index in [4.69, 9.17) is 5.73 Å². The van der Waals surface area contributed by atoms with Crippen molar-refractivity contribution in [2.75, 3.05) is 19.3 Å². The Morgan fingerprint density at radius 2 is 2.05 bits per heavy atom. The highest BCUT2D eigenvalue weighted by atomic mass is 32.2. The second-order valence-electron chi connectivity index (χ2n) is 5.07. The van der Waals surface area contributed by atoms with Crippen LogP contribution in [0.1, 0.15) is 30.4 Å². The molecule has 1 aromatic carbocycles. The maximum atomic E-state index is 13.3. The lowest BCUT2D eigenvalue weighted by molar-refractivity contribution is 0.338. The molecule has 0 aliphatic carbocycles. The van der Waals surface area contributed by atoms with Gasteiger partial charge in [0.15, 0.2) is 5.96 Å².